The number of carbonyl (C=O) groups is 1. The molecule has 0 bridgehead atoms. The molecule has 2 aromatic heterocycles. The second kappa shape index (κ2) is 6.58. The Hall–Kier alpha value is -2.08. The standard InChI is InChI=1S/C15H15N3O2S/c19-15(18-12-2-5-16-6-3-12)11-1-7-17-14(9-11)20-13-4-8-21-10-13/h1-3,5-7,9,13H,4,8,10H2,(H,16,18,19)/t13-/m0/s1. The summed E-state index contributed by atoms with van der Waals surface area (Å²) in [4.78, 5) is 20.3. The summed E-state index contributed by atoms with van der Waals surface area (Å²) < 4.78 is 5.79. The monoisotopic (exact) mass is 301 g/mol. The van der Waals surface area contributed by atoms with Crippen LogP contribution in [0.1, 0.15) is 16.8 Å². The molecule has 1 aliphatic rings. The van der Waals surface area contributed by atoms with Crippen LogP contribution in [-0.4, -0.2) is 33.5 Å². The summed E-state index contributed by atoms with van der Waals surface area (Å²) in [5.74, 6) is 2.42. The zero-order valence-electron chi connectivity index (χ0n) is 11.4. The molecule has 5 nitrogen and oxygen atoms in total. The number of thioether (sulfide) groups is 1. The molecule has 1 amide bonds. The number of rotatable bonds is 4. The van der Waals surface area contributed by atoms with Crippen LogP contribution in [-0.2, 0) is 0 Å². The van der Waals surface area contributed by atoms with Gasteiger partial charge in [-0.1, -0.05) is 0 Å². The van der Waals surface area contributed by atoms with Crippen molar-refractivity contribution in [3.05, 3.63) is 48.4 Å². The number of aromatic nitrogens is 2. The summed E-state index contributed by atoms with van der Waals surface area (Å²) in [6, 6.07) is 6.84. The Balaban J connectivity index is 1.68. The first kappa shape index (κ1) is 13.9. The Kier molecular flexibility index (Phi) is 4.35. The van der Waals surface area contributed by atoms with Crippen molar-refractivity contribution >= 4 is 23.4 Å². The van der Waals surface area contributed by atoms with Crippen LogP contribution < -0.4 is 10.1 Å². The van der Waals surface area contributed by atoms with Crippen LogP contribution in [0.5, 0.6) is 5.88 Å². The summed E-state index contributed by atoms with van der Waals surface area (Å²) in [5, 5.41) is 2.81. The Morgan fingerprint density at radius 2 is 2.14 bits per heavy atom. The van der Waals surface area contributed by atoms with Crippen molar-refractivity contribution in [2.24, 2.45) is 0 Å². The minimum atomic E-state index is -0.186. The van der Waals surface area contributed by atoms with E-state index in [9.17, 15) is 4.79 Å². The molecule has 6 heteroatoms. The molecule has 21 heavy (non-hydrogen) atoms. The molecule has 1 fully saturated rings. The minimum Gasteiger partial charge on any atom is -0.473 e. The summed E-state index contributed by atoms with van der Waals surface area (Å²) >= 11 is 1.88. The Labute approximate surface area is 127 Å². The predicted octanol–water partition coefficient (Wildman–Crippen LogP) is 2.61. The average Bonchev–Trinajstić information content (AvgIpc) is 3.01. The van der Waals surface area contributed by atoms with Gasteiger partial charge < -0.3 is 10.1 Å². The lowest BCUT2D eigenvalue weighted by Gasteiger charge is -2.12. The average molecular weight is 301 g/mol. The highest BCUT2D eigenvalue weighted by Gasteiger charge is 2.18. The van der Waals surface area contributed by atoms with E-state index in [4.69, 9.17) is 4.74 Å². The molecule has 1 N–H and O–H groups in total. The lowest BCUT2D eigenvalue weighted by Crippen LogP contribution is -2.17. The van der Waals surface area contributed by atoms with Crippen molar-refractivity contribution < 1.29 is 9.53 Å². The van der Waals surface area contributed by atoms with E-state index in [1.54, 1.807) is 42.9 Å². The largest absolute Gasteiger partial charge is 0.473 e. The van der Waals surface area contributed by atoms with Crippen LogP contribution in [0.15, 0.2) is 42.9 Å². The Bertz CT molecular complexity index is 615. The smallest absolute Gasteiger partial charge is 0.255 e. The van der Waals surface area contributed by atoms with E-state index in [0.29, 0.717) is 17.1 Å². The maximum Gasteiger partial charge on any atom is 0.255 e. The van der Waals surface area contributed by atoms with Crippen molar-refractivity contribution in [3.63, 3.8) is 0 Å². The molecular formula is C15H15N3O2S. The van der Waals surface area contributed by atoms with Crippen LogP contribution >= 0.6 is 11.8 Å². The van der Waals surface area contributed by atoms with E-state index in [1.807, 2.05) is 11.8 Å². The molecule has 2 aromatic rings. The molecule has 1 saturated heterocycles. The molecule has 0 spiro atoms. The van der Waals surface area contributed by atoms with Crippen molar-refractivity contribution in [3.8, 4) is 5.88 Å². The lowest BCUT2D eigenvalue weighted by molar-refractivity contribution is 0.102. The van der Waals surface area contributed by atoms with E-state index < -0.39 is 0 Å². The first-order chi connectivity index (χ1) is 10.3. The Morgan fingerprint density at radius 1 is 1.29 bits per heavy atom. The maximum atomic E-state index is 12.2. The normalized spacial score (nSPS) is 17.4. The second-order valence-electron chi connectivity index (χ2n) is 4.68. The van der Waals surface area contributed by atoms with Gasteiger partial charge in [0.25, 0.3) is 5.91 Å². The number of hydrogen-bond acceptors (Lipinski definition) is 5. The topological polar surface area (TPSA) is 64.1 Å². The molecule has 0 saturated carbocycles. The van der Waals surface area contributed by atoms with E-state index in [-0.39, 0.29) is 12.0 Å². The highest BCUT2D eigenvalue weighted by molar-refractivity contribution is 7.99. The number of anilines is 1. The van der Waals surface area contributed by atoms with Gasteiger partial charge >= 0.3 is 0 Å². The number of ether oxygens (including phenoxy) is 1. The van der Waals surface area contributed by atoms with Gasteiger partial charge in [0.2, 0.25) is 5.88 Å². The Morgan fingerprint density at radius 3 is 2.90 bits per heavy atom. The molecule has 108 valence electrons. The van der Waals surface area contributed by atoms with Crippen LogP contribution in [0.25, 0.3) is 0 Å². The third-order valence-corrected chi connectivity index (χ3v) is 4.24. The number of nitrogens with zero attached hydrogens (tertiary/aromatic N) is 2. The summed E-state index contributed by atoms with van der Waals surface area (Å²) in [6.45, 7) is 0. The molecule has 0 aliphatic carbocycles. The highest BCUT2D eigenvalue weighted by Crippen LogP contribution is 2.22. The van der Waals surface area contributed by atoms with E-state index in [2.05, 4.69) is 15.3 Å². The van der Waals surface area contributed by atoms with Gasteiger partial charge in [-0.25, -0.2) is 4.98 Å². The fourth-order valence-corrected chi connectivity index (χ4v) is 3.12. The van der Waals surface area contributed by atoms with Gasteiger partial charge in [0.1, 0.15) is 6.10 Å². The zero-order chi connectivity index (χ0) is 14.5. The molecule has 3 heterocycles. The van der Waals surface area contributed by atoms with E-state index in [1.165, 1.54) is 0 Å². The van der Waals surface area contributed by atoms with Gasteiger partial charge in [-0.15, -0.1) is 0 Å². The van der Waals surface area contributed by atoms with Gasteiger partial charge in [0.05, 0.1) is 0 Å². The minimum absolute atomic E-state index is 0.186. The predicted molar refractivity (Wildman–Crippen MR) is 82.8 cm³/mol. The van der Waals surface area contributed by atoms with E-state index in [0.717, 1.165) is 17.9 Å². The molecule has 1 aliphatic heterocycles. The number of hydrogen-bond donors (Lipinski definition) is 1. The molecule has 0 unspecified atom stereocenters. The molecule has 0 aromatic carbocycles. The van der Waals surface area contributed by atoms with Crippen LogP contribution in [0, 0.1) is 0 Å². The SMILES string of the molecule is O=C(Nc1ccncc1)c1ccnc(O[C@H]2CCSC2)c1. The fraction of sp³-hybridized carbons (Fsp3) is 0.267. The number of nitrogens with one attached hydrogen (secondary N) is 1. The number of pyridine rings is 2. The number of carbonyl (C=O) groups excluding carboxylic acids is 1. The van der Waals surface area contributed by atoms with E-state index >= 15 is 0 Å². The van der Waals surface area contributed by atoms with Crippen LogP contribution in [0.4, 0.5) is 5.69 Å². The zero-order valence-corrected chi connectivity index (χ0v) is 12.2. The van der Waals surface area contributed by atoms with Crippen LogP contribution in [0.2, 0.25) is 0 Å². The van der Waals surface area contributed by atoms with Crippen molar-refractivity contribution in [2.45, 2.75) is 12.5 Å². The van der Waals surface area contributed by atoms with Gasteiger partial charge in [-0.2, -0.15) is 11.8 Å². The molecule has 0 radical (unpaired) electrons. The summed E-state index contributed by atoms with van der Waals surface area (Å²) in [5.41, 5.74) is 1.24. The first-order valence-corrected chi connectivity index (χ1v) is 7.88. The number of amides is 1. The van der Waals surface area contributed by atoms with Crippen LogP contribution in [0.3, 0.4) is 0 Å². The van der Waals surface area contributed by atoms with Gasteiger partial charge in [0.15, 0.2) is 0 Å². The van der Waals surface area contributed by atoms with Crippen molar-refractivity contribution in [2.75, 3.05) is 16.8 Å². The van der Waals surface area contributed by atoms with Crippen molar-refractivity contribution in [1.29, 1.82) is 0 Å². The maximum absolute atomic E-state index is 12.2. The fourth-order valence-electron chi connectivity index (χ4n) is 2.03. The van der Waals surface area contributed by atoms with Gasteiger partial charge in [-0.3, -0.25) is 9.78 Å². The second-order valence-corrected chi connectivity index (χ2v) is 5.83. The molecule has 1 atom stereocenters. The summed E-state index contributed by atoms with van der Waals surface area (Å²) in [6.07, 6.45) is 6.09. The molecular weight excluding hydrogens is 286 g/mol. The van der Waals surface area contributed by atoms with Crippen molar-refractivity contribution in [1.82, 2.24) is 9.97 Å². The summed E-state index contributed by atoms with van der Waals surface area (Å²) in [7, 11) is 0. The lowest BCUT2D eigenvalue weighted by atomic mass is 10.2. The van der Waals surface area contributed by atoms with Gasteiger partial charge in [-0.05, 0) is 30.4 Å². The first-order valence-electron chi connectivity index (χ1n) is 6.73. The third kappa shape index (κ3) is 3.72. The quantitative estimate of drug-likeness (QED) is 0.940. The third-order valence-electron chi connectivity index (χ3n) is 3.11. The van der Waals surface area contributed by atoms with Gasteiger partial charge in [0, 0.05) is 41.7 Å². The highest BCUT2D eigenvalue weighted by atomic mass is 32.2. The molecule has 3 rings (SSSR count).